The molecule has 2 rings (SSSR count). The Morgan fingerprint density at radius 3 is 2.67 bits per heavy atom. The number of carbonyl (C=O) groups is 1. The number of rotatable bonds is 3. The van der Waals surface area contributed by atoms with E-state index >= 15 is 0 Å². The quantitative estimate of drug-likeness (QED) is 0.631. The Bertz CT molecular complexity index is 199. The van der Waals surface area contributed by atoms with Crippen LogP contribution in [0.15, 0.2) is 0 Å². The van der Waals surface area contributed by atoms with E-state index < -0.39 is 0 Å². The number of ether oxygens (including phenoxy) is 1. The minimum Gasteiger partial charge on any atom is -0.359 e. The van der Waals surface area contributed by atoms with E-state index in [2.05, 4.69) is 5.32 Å². The predicted octanol–water partition coefficient (Wildman–Crippen LogP) is 0.688. The summed E-state index contributed by atoms with van der Waals surface area (Å²) in [5.74, 6) is 0.759. The fourth-order valence-electron chi connectivity index (χ4n) is 1.48. The predicted molar refractivity (Wildman–Crippen MR) is 44.7 cm³/mol. The lowest BCUT2D eigenvalue weighted by molar-refractivity contribution is -0.122. The zero-order chi connectivity index (χ0) is 8.72. The van der Waals surface area contributed by atoms with Gasteiger partial charge in [-0.1, -0.05) is 0 Å². The van der Waals surface area contributed by atoms with E-state index in [4.69, 9.17) is 4.74 Å². The number of carbonyl (C=O) groups excluding carboxylic acids is 1. The van der Waals surface area contributed by atoms with Gasteiger partial charge in [0.25, 0.3) is 5.91 Å². The van der Waals surface area contributed by atoms with E-state index in [0.717, 1.165) is 0 Å². The second kappa shape index (κ2) is 2.73. The monoisotopic (exact) mass is 169 g/mol. The van der Waals surface area contributed by atoms with Crippen LogP contribution in [0.1, 0.15) is 26.7 Å². The van der Waals surface area contributed by atoms with Crippen molar-refractivity contribution in [3.8, 4) is 0 Å². The van der Waals surface area contributed by atoms with E-state index in [-0.39, 0.29) is 24.2 Å². The largest absolute Gasteiger partial charge is 0.359 e. The van der Waals surface area contributed by atoms with Crippen molar-refractivity contribution >= 4 is 5.91 Å². The Morgan fingerprint density at radius 2 is 2.17 bits per heavy atom. The summed E-state index contributed by atoms with van der Waals surface area (Å²) < 4.78 is 5.29. The lowest BCUT2D eigenvalue weighted by Crippen LogP contribution is -2.34. The molecule has 3 nitrogen and oxygen atoms in total. The van der Waals surface area contributed by atoms with Crippen LogP contribution in [0.2, 0.25) is 0 Å². The van der Waals surface area contributed by atoms with Crippen LogP contribution < -0.4 is 5.32 Å². The molecule has 0 spiro atoms. The number of amides is 1. The van der Waals surface area contributed by atoms with Gasteiger partial charge in [0.05, 0.1) is 6.10 Å². The summed E-state index contributed by atoms with van der Waals surface area (Å²) in [6.07, 6.45) is 2.62. The number of epoxide rings is 1. The van der Waals surface area contributed by atoms with Crippen LogP contribution in [0, 0.1) is 5.92 Å². The minimum atomic E-state index is -0.125. The van der Waals surface area contributed by atoms with Crippen LogP contribution in [0.5, 0.6) is 0 Å². The zero-order valence-corrected chi connectivity index (χ0v) is 7.54. The first kappa shape index (κ1) is 8.05. The molecule has 0 aromatic carbocycles. The van der Waals surface area contributed by atoms with E-state index in [1.165, 1.54) is 12.8 Å². The summed E-state index contributed by atoms with van der Waals surface area (Å²) in [6, 6.07) is 0.224. The summed E-state index contributed by atoms with van der Waals surface area (Å²) in [5.41, 5.74) is 0. The molecule has 2 aliphatic rings. The third kappa shape index (κ3) is 1.61. The highest BCUT2D eigenvalue weighted by Crippen LogP contribution is 2.44. The van der Waals surface area contributed by atoms with E-state index in [1.54, 1.807) is 0 Å². The molecular formula is C9H15NO2. The van der Waals surface area contributed by atoms with Gasteiger partial charge < -0.3 is 10.1 Å². The normalized spacial score (nSPS) is 33.6. The van der Waals surface area contributed by atoms with Crippen molar-refractivity contribution in [3.63, 3.8) is 0 Å². The molecule has 1 amide bonds. The average molecular weight is 169 g/mol. The van der Waals surface area contributed by atoms with Crippen molar-refractivity contribution in [2.24, 2.45) is 5.92 Å². The number of hydrogen-bond donors (Lipinski definition) is 1. The van der Waals surface area contributed by atoms with Gasteiger partial charge in [0.2, 0.25) is 0 Å². The highest BCUT2D eigenvalue weighted by atomic mass is 16.6. The summed E-state index contributed by atoms with van der Waals surface area (Å²) in [4.78, 5) is 11.3. The third-order valence-electron chi connectivity index (χ3n) is 2.30. The molecule has 1 saturated heterocycles. The molecular weight excluding hydrogens is 154 g/mol. The first-order valence-electron chi connectivity index (χ1n) is 4.64. The van der Waals surface area contributed by atoms with Crippen LogP contribution in [-0.4, -0.2) is 24.2 Å². The highest BCUT2D eigenvalue weighted by Gasteiger charge is 2.53. The van der Waals surface area contributed by atoms with Crippen molar-refractivity contribution in [1.82, 2.24) is 5.32 Å². The van der Waals surface area contributed by atoms with E-state index in [9.17, 15) is 4.79 Å². The standard InChI is InChI=1S/C9H15NO2/c1-5(2)10-9(11)8-7(12-8)6-3-4-6/h5-8H,3-4H2,1-2H3,(H,10,11). The first-order valence-corrected chi connectivity index (χ1v) is 4.64. The van der Waals surface area contributed by atoms with Gasteiger partial charge in [-0.15, -0.1) is 0 Å². The molecule has 1 saturated carbocycles. The second-order valence-corrected chi connectivity index (χ2v) is 4.02. The summed E-state index contributed by atoms with van der Waals surface area (Å²) in [5, 5.41) is 2.85. The van der Waals surface area contributed by atoms with Crippen molar-refractivity contribution in [1.29, 1.82) is 0 Å². The van der Waals surface area contributed by atoms with Gasteiger partial charge in [-0.25, -0.2) is 0 Å². The van der Waals surface area contributed by atoms with Crippen LogP contribution in [0.25, 0.3) is 0 Å². The number of nitrogens with one attached hydrogen (secondary N) is 1. The summed E-state index contributed by atoms with van der Waals surface area (Å²) >= 11 is 0. The maximum atomic E-state index is 11.3. The van der Waals surface area contributed by atoms with Gasteiger partial charge in [-0.3, -0.25) is 4.79 Å². The van der Waals surface area contributed by atoms with Gasteiger partial charge in [0.15, 0.2) is 6.10 Å². The van der Waals surface area contributed by atoms with Crippen molar-refractivity contribution in [3.05, 3.63) is 0 Å². The Kier molecular flexibility index (Phi) is 1.83. The SMILES string of the molecule is CC(C)NC(=O)C1OC1C1CC1. The topological polar surface area (TPSA) is 41.6 Å². The maximum Gasteiger partial charge on any atom is 0.252 e. The molecule has 2 atom stereocenters. The van der Waals surface area contributed by atoms with E-state index in [0.29, 0.717) is 5.92 Å². The second-order valence-electron chi connectivity index (χ2n) is 4.02. The molecule has 1 aliphatic carbocycles. The van der Waals surface area contributed by atoms with Gasteiger partial charge in [-0.05, 0) is 32.6 Å². The zero-order valence-electron chi connectivity index (χ0n) is 7.54. The molecule has 0 radical (unpaired) electrons. The molecule has 3 heteroatoms. The van der Waals surface area contributed by atoms with Crippen LogP contribution in [0.4, 0.5) is 0 Å². The summed E-state index contributed by atoms with van der Waals surface area (Å²) in [6.45, 7) is 3.93. The number of hydrogen-bond acceptors (Lipinski definition) is 2. The lowest BCUT2D eigenvalue weighted by atomic mass is 10.2. The lowest BCUT2D eigenvalue weighted by Gasteiger charge is -2.05. The smallest absolute Gasteiger partial charge is 0.252 e. The van der Waals surface area contributed by atoms with Crippen molar-refractivity contribution in [2.45, 2.75) is 44.9 Å². The fourth-order valence-corrected chi connectivity index (χ4v) is 1.48. The highest BCUT2D eigenvalue weighted by molar-refractivity contribution is 5.84. The molecule has 2 fully saturated rings. The molecule has 1 heterocycles. The van der Waals surface area contributed by atoms with Gasteiger partial charge in [-0.2, -0.15) is 0 Å². The average Bonchev–Trinajstić information content (AvgIpc) is 2.81. The Hall–Kier alpha value is -0.570. The van der Waals surface area contributed by atoms with Crippen molar-refractivity contribution in [2.75, 3.05) is 0 Å². The molecule has 0 aromatic heterocycles. The van der Waals surface area contributed by atoms with Crippen molar-refractivity contribution < 1.29 is 9.53 Å². The van der Waals surface area contributed by atoms with Crippen LogP contribution >= 0.6 is 0 Å². The third-order valence-corrected chi connectivity index (χ3v) is 2.30. The minimum absolute atomic E-state index is 0.0712. The van der Waals surface area contributed by atoms with Crippen LogP contribution in [0.3, 0.4) is 0 Å². The Labute approximate surface area is 72.5 Å². The van der Waals surface area contributed by atoms with Crippen LogP contribution in [-0.2, 0) is 9.53 Å². The molecule has 0 bridgehead atoms. The van der Waals surface area contributed by atoms with Gasteiger partial charge >= 0.3 is 0 Å². The Morgan fingerprint density at radius 1 is 1.50 bits per heavy atom. The molecule has 12 heavy (non-hydrogen) atoms. The molecule has 1 aliphatic heterocycles. The summed E-state index contributed by atoms with van der Waals surface area (Å²) in [7, 11) is 0. The maximum absolute atomic E-state index is 11.3. The molecule has 2 unspecified atom stereocenters. The fraction of sp³-hybridized carbons (Fsp3) is 0.889. The molecule has 68 valence electrons. The molecule has 0 aromatic rings. The van der Waals surface area contributed by atoms with Gasteiger partial charge in [0.1, 0.15) is 0 Å². The van der Waals surface area contributed by atoms with Gasteiger partial charge in [0, 0.05) is 6.04 Å². The molecule has 1 N–H and O–H groups in total. The first-order chi connectivity index (χ1) is 5.68. The van der Waals surface area contributed by atoms with E-state index in [1.807, 2.05) is 13.8 Å². The Balaban J connectivity index is 1.75.